The van der Waals surface area contributed by atoms with E-state index in [2.05, 4.69) is 10.3 Å². The van der Waals surface area contributed by atoms with E-state index in [1.807, 2.05) is 38.1 Å². The number of benzene rings is 2. The quantitative estimate of drug-likeness (QED) is 0.612. The van der Waals surface area contributed by atoms with Crippen molar-refractivity contribution in [3.63, 3.8) is 0 Å². The smallest absolute Gasteiger partial charge is 0.270 e. The number of halogens is 1. The molecule has 0 aliphatic rings. The monoisotopic (exact) mass is 385 g/mol. The standard InChI is InChI=1S/C20H20FN3O2S/c1-3-26-17-10-4-14(5-11-17)13(2)23-19(25)18-12-22-20(27)24(18)16-8-6-15(21)7-9-16/h4-13H,3H2,1-2H3,(H,22,27)(H,23,25)/t13-/m0/s1. The Morgan fingerprint density at radius 3 is 2.52 bits per heavy atom. The Labute approximate surface area is 161 Å². The van der Waals surface area contributed by atoms with E-state index in [1.165, 1.54) is 12.1 Å². The molecule has 0 radical (unpaired) electrons. The lowest BCUT2D eigenvalue weighted by Crippen LogP contribution is -2.28. The zero-order chi connectivity index (χ0) is 19.4. The molecule has 0 fully saturated rings. The van der Waals surface area contributed by atoms with Crippen LogP contribution in [0.1, 0.15) is 35.9 Å². The van der Waals surface area contributed by atoms with Crippen LogP contribution in [0.15, 0.2) is 54.7 Å². The maximum Gasteiger partial charge on any atom is 0.270 e. The van der Waals surface area contributed by atoms with Crippen molar-refractivity contribution in [1.82, 2.24) is 14.9 Å². The fourth-order valence-electron chi connectivity index (χ4n) is 2.76. The summed E-state index contributed by atoms with van der Waals surface area (Å²) in [5, 5.41) is 2.96. The minimum atomic E-state index is -0.351. The maximum atomic E-state index is 13.2. The van der Waals surface area contributed by atoms with Crippen molar-refractivity contribution >= 4 is 18.1 Å². The first-order valence-corrected chi connectivity index (χ1v) is 9.00. The minimum Gasteiger partial charge on any atom is -0.494 e. The number of hydrogen-bond donors (Lipinski definition) is 2. The van der Waals surface area contributed by atoms with Crippen molar-refractivity contribution < 1.29 is 13.9 Å². The van der Waals surface area contributed by atoms with Crippen LogP contribution < -0.4 is 10.1 Å². The van der Waals surface area contributed by atoms with Crippen molar-refractivity contribution in [3.8, 4) is 11.4 Å². The summed E-state index contributed by atoms with van der Waals surface area (Å²) >= 11 is 5.27. The molecule has 0 spiro atoms. The van der Waals surface area contributed by atoms with E-state index in [0.717, 1.165) is 11.3 Å². The Hall–Kier alpha value is -2.93. The molecule has 3 aromatic rings. The molecule has 0 saturated heterocycles. The molecule has 2 aromatic carbocycles. The molecule has 5 nitrogen and oxygen atoms in total. The third kappa shape index (κ3) is 4.25. The molecule has 140 valence electrons. The number of nitrogens with one attached hydrogen (secondary N) is 2. The van der Waals surface area contributed by atoms with Crippen LogP contribution in [-0.2, 0) is 0 Å². The van der Waals surface area contributed by atoms with E-state index in [0.29, 0.717) is 22.8 Å². The highest BCUT2D eigenvalue weighted by Crippen LogP contribution is 2.19. The number of carbonyl (C=O) groups is 1. The number of H-pyrrole nitrogens is 1. The Morgan fingerprint density at radius 2 is 1.89 bits per heavy atom. The molecule has 1 heterocycles. The molecule has 0 unspecified atom stereocenters. The fraction of sp³-hybridized carbons (Fsp3) is 0.200. The van der Waals surface area contributed by atoms with Crippen molar-refractivity contribution in [2.75, 3.05) is 6.61 Å². The molecule has 1 atom stereocenters. The zero-order valence-electron chi connectivity index (χ0n) is 15.0. The highest BCUT2D eigenvalue weighted by molar-refractivity contribution is 7.71. The summed E-state index contributed by atoms with van der Waals surface area (Å²) in [4.78, 5) is 15.6. The van der Waals surface area contributed by atoms with Crippen LogP contribution >= 0.6 is 12.2 Å². The van der Waals surface area contributed by atoms with E-state index in [4.69, 9.17) is 17.0 Å². The van der Waals surface area contributed by atoms with Gasteiger partial charge in [-0.25, -0.2) is 4.39 Å². The van der Waals surface area contributed by atoms with E-state index in [1.54, 1.807) is 22.9 Å². The topological polar surface area (TPSA) is 59.0 Å². The van der Waals surface area contributed by atoms with Crippen molar-refractivity contribution in [2.24, 2.45) is 0 Å². The van der Waals surface area contributed by atoms with Gasteiger partial charge in [0.1, 0.15) is 17.3 Å². The van der Waals surface area contributed by atoms with Crippen LogP contribution in [0.25, 0.3) is 5.69 Å². The number of rotatable bonds is 6. The number of nitrogens with zero attached hydrogens (tertiary/aromatic N) is 1. The predicted molar refractivity (Wildman–Crippen MR) is 104 cm³/mol. The van der Waals surface area contributed by atoms with Gasteiger partial charge in [0.15, 0.2) is 4.77 Å². The number of carbonyl (C=O) groups excluding carboxylic acids is 1. The lowest BCUT2D eigenvalue weighted by atomic mass is 10.1. The van der Waals surface area contributed by atoms with Crippen molar-refractivity contribution in [1.29, 1.82) is 0 Å². The first kappa shape index (κ1) is 18.8. The summed E-state index contributed by atoms with van der Waals surface area (Å²) in [7, 11) is 0. The van der Waals surface area contributed by atoms with Crippen molar-refractivity contribution in [3.05, 3.63) is 76.6 Å². The van der Waals surface area contributed by atoms with Crippen LogP contribution in [-0.4, -0.2) is 22.1 Å². The molecule has 0 saturated carbocycles. The van der Waals surface area contributed by atoms with Crippen LogP contribution in [0.5, 0.6) is 5.75 Å². The van der Waals surface area contributed by atoms with E-state index >= 15 is 0 Å². The first-order chi connectivity index (χ1) is 13.0. The average Bonchev–Trinajstić information content (AvgIpc) is 3.05. The summed E-state index contributed by atoms with van der Waals surface area (Å²) in [6, 6.07) is 13.2. The molecule has 0 aliphatic carbocycles. The van der Waals surface area contributed by atoms with Crippen LogP contribution in [0.2, 0.25) is 0 Å². The van der Waals surface area contributed by atoms with E-state index in [-0.39, 0.29) is 17.8 Å². The van der Waals surface area contributed by atoms with Crippen LogP contribution in [0.4, 0.5) is 4.39 Å². The summed E-state index contributed by atoms with van der Waals surface area (Å²) in [6.07, 6.45) is 1.55. The Morgan fingerprint density at radius 1 is 1.22 bits per heavy atom. The molecular weight excluding hydrogens is 365 g/mol. The van der Waals surface area contributed by atoms with E-state index < -0.39 is 0 Å². The molecule has 2 N–H and O–H groups in total. The summed E-state index contributed by atoms with van der Waals surface area (Å²) in [6.45, 7) is 4.43. The van der Waals surface area contributed by atoms with Gasteiger partial charge in [-0.15, -0.1) is 0 Å². The summed E-state index contributed by atoms with van der Waals surface area (Å²) in [5.74, 6) is 0.152. The zero-order valence-corrected chi connectivity index (χ0v) is 15.8. The van der Waals surface area contributed by atoms with Gasteiger partial charge in [-0.3, -0.25) is 9.36 Å². The second-order valence-corrected chi connectivity index (χ2v) is 6.37. The number of imidazole rings is 1. The third-order valence-corrected chi connectivity index (χ3v) is 4.43. The Balaban J connectivity index is 1.80. The van der Waals surface area contributed by atoms with Gasteiger partial charge in [0.05, 0.1) is 12.6 Å². The Kier molecular flexibility index (Phi) is 5.71. The maximum absolute atomic E-state index is 13.2. The van der Waals surface area contributed by atoms with Crippen LogP contribution in [0, 0.1) is 10.6 Å². The van der Waals surface area contributed by atoms with E-state index in [9.17, 15) is 9.18 Å². The number of aromatic amines is 1. The molecular formula is C20H20FN3O2S. The lowest BCUT2D eigenvalue weighted by Gasteiger charge is -2.16. The highest BCUT2D eigenvalue weighted by atomic mass is 32.1. The molecule has 3 rings (SSSR count). The largest absolute Gasteiger partial charge is 0.494 e. The van der Waals surface area contributed by atoms with Gasteiger partial charge in [-0.05, 0) is 68.0 Å². The van der Waals surface area contributed by atoms with Gasteiger partial charge in [0.2, 0.25) is 0 Å². The van der Waals surface area contributed by atoms with Gasteiger partial charge < -0.3 is 15.0 Å². The fourth-order valence-corrected chi connectivity index (χ4v) is 3.02. The molecule has 7 heteroatoms. The van der Waals surface area contributed by atoms with Gasteiger partial charge >= 0.3 is 0 Å². The number of amides is 1. The molecule has 27 heavy (non-hydrogen) atoms. The predicted octanol–water partition coefficient (Wildman–Crippen LogP) is 4.56. The second kappa shape index (κ2) is 8.18. The number of aromatic nitrogens is 2. The molecule has 1 amide bonds. The molecule has 0 bridgehead atoms. The Bertz CT molecular complexity index is 978. The van der Waals surface area contributed by atoms with Crippen molar-refractivity contribution in [2.45, 2.75) is 19.9 Å². The van der Waals surface area contributed by atoms with Gasteiger partial charge in [0.25, 0.3) is 5.91 Å². The molecule has 1 aromatic heterocycles. The third-order valence-electron chi connectivity index (χ3n) is 4.13. The second-order valence-electron chi connectivity index (χ2n) is 5.99. The summed E-state index contributed by atoms with van der Waals surface area (Å²) in [5.41, 5.74) is 1.92. The summed E-state index contributed by atoms with van der Waals surface area (Å²) < 4.78 is 20.6. The highest BCUT2D eigenvalue weighted by Gasteiger charge is 2.17. The number of hydrogen-bond acceptors (Lipinski definition) is 3. The lowest BCUT2D eigenvalue weighted by molar-refractivity contribution is 0.0933. The number of ether oxygens (including phenoxy) is 1. The van der Waals surface area contributed by atoms with Gasteiger partial charge in [-0.1, -0.05) is 12.1 Å². The normalized spacial score (nSPS) is 11.8. The van der Waals surface area contributed by atoms with Gasteiger partial charge in [0, 0.05) is 11.9 Å². The first-order valence-electron chi connectivity index (χ1n) is 8.59. The van der Waals surface area contributed by atoms with Crippen LogP contribution in [0.3, 0.4) is 0 Å². The SMILES string of the molecule is CCOc1ccc([C@H](C)NC(=O)c2c[nH]c(=S)n2-c2ccc(F)cc2)cc1. The molecule has 0 aliphatic heterocycles. The minimum absolute atomic E-state index is 0.210. The average molecular weight is 385 g/mol. The van der Waals surface area contributed by atoms with Gasteiger partial charge in [-0.2, -0.15) is 0 Å².